The minimum Gasteiger partial charge on any atom is -0.497 e. The summed E-state index contributed by atoms with van der Waals surface area (Å²) in [6.07, 6.45) is 10.6. The van der Waals surface area contributed by atoms with E-state index in [-0.39, 0.29) is 5.88 Å². The third-order valence-electron chi connectivity index (χ3n) is 6.09. The number of benzene rings is 1. The van der Waals surface area contributed by atoms with E-state index < -0.39 is 0 Å². The third-order valence-corrected chi connectivity index (χ3v) is 6.09. The number of nitrogens with zero attached hydrogens (tertiary/aromatic N) is 1. The van der Waals surface area contributed by atoms with Crippen molar-refractivity contribution in [3.8, 4) is 11.6 Å². The zero-order chi connectivity index (χ0) is 16.5. The average molecular weight is 325 g/mol. The lowest BCUT2D eigenvalue weighted by Gasteiger charge is -2.11. The van der Waals surface area contributed by atoms with Gasteiger partial charge in [-0.2, -0.15) is 0 Å². The smallest absolute Gasteiger partial charge is 0.214 e. The van der Waals surface area contributed by atoms with E-state index in [0.29, 0.717) is 0 Å². The van der Waals surface area contributed by atoms with Gasteiger partial charge in [0.1, 0.15) is 5.75 Å². The van der Waals surface area contributed by atoms with Crippen LogP contribution in [0.25, 0.3) is 10.9 Å². The van der Waals surface area contributed by atoms with E-state index in [2.05, 4.69) is 11.1 Å². The summed E-state index contributed by atoms with van der Waals surface area (Å²) in [5.41, 5.74) is 1.76. The molecule has 3 heteroatoms. The van der Waals surface area contributed by atoms with Crippen LogP contribution in [0.3, 0.4) is 0 Å². The van der Waals surface area contributed by atoms with Crippen molar-refractivity contribution < 1.29 is 9.84 Å². The van der Waals surface area contributed by atoms with Gasteiger partial charge in [-0.15, -0.1) is 0 Å². The molecule has 2 saturated carbocycles. The van der Waals surface area contributed by atoms with Crippen LogP contribution in [0.1, 0.15) is 50.5 Å². The first kappa shape index (κ1) is 15.7. The van der Waals surface area contributed by atoms with E-state index >= 15 is 0 Å². The highest BCUT2D eigenvalue weighted by Crippen LogP contribution is 2.56. The predicted molar refractivity (Wildman–Crippen MR) is 96.5 cm³/mol. The molecule has 1 aromatic heterocycles. The Balaban J connectivity index is 1.30. The van der Waals surface area contributed by atoms with Gasteiger partial charge in [0.2, 0.25) is 5.88 Å². The van der Waals surface area contributed by atoms with Gasteiger partial charge in [0.25, 0.3) is 0 Å². The number of hydrogen-bond donors (Lipinski definition) is 1. The summed E-state index contributed by atoms with van der Waals surface area (Å²) in [6, 6.07) is 7.89. The molecule has 0 radical (unpaired) electrons. The highest BCUT2D eigenvalue weighted by atomic mass is 16.5. The van der Waals surface area contributed by atoms with Gasteiger partial charge in [-0.1, -0.05) is 19.3 Å². The molecule has 0 spiro atoms. The maximum atomic E-state index is 10.2. The van der Waals surface area contributed by atoms with Crippen LogP contribution in [0, 0.1) is 17.8 Å². The number of aromatic hydroxyl groups is 1. The molecule has 1 N–H and O–H groups in total. The van der Waals surface area contributed by atoms with Crippen molar-refractivity contribution in [1.82, 2.24) is 4.98 Å². The van der Waals surface area contributed by atoms with E-state index in [1.165, 1.54) is 38.5 Å². The number of methoxy groups -OCH3 is 1. The number of pyridine rings is 1. The number of unbranched alkanes of at least 4 members (excludes halogenated alkanes) is 2. The first-order valence-corrected chi connectivity index (χ1v) is 9.41. The first-order chi connectivity index (χ1) is 11.7. The number of rotatable bonds is 7. The molecule has 2 aliphatic rings. The second-order valence-corrected chi connectivity index (χ2v) is 7.63. The van der Waals surface area contributed by atoms with Gasteiger partial charge < -0.3 is 9.84 Å². The van der Waals surface area contributed by atoms with Gasteiger partial charge in [0.05, 0.1) is 12.6 Å². The summed E-state index contributed by atoms with van der Waals surface area (Å²) in [7, 11) is 1.64. The second kappa shape index (κ2) is 6.62. The summed E-state index contributed by atoms with van der Waals surface area (Å²) >= 11 is 0. The molecule has 1 heterocycles. The topological polar surface area (TPSA) is 42.4 Å². The lowest BCUT2D eigenvalue weighted by atomic mass is 9.95. The number of aromatic nitrogens is 1. The number of ether oxygens (including phenoxy) is 1. The highest BCUT2D eigenvalue weighted by molar-refractivity contribution is 5.81. The van der Waals surface area contributed by atoms with E-state index in [1.807, 2.05) is 18.2 Å². The van der Waals surface area contributed by atoms with Crippen LogP contribution in [0.15, 0.2) is 24.3 Å². The molecular formula is C21H27NO2. The van der Waals surface area contributed by atoms with E-state index in [4.69, 9.17) is 4.74 Å². The largest absolute Gasteiger partial charge is 0.497 e. The Morgan fingerprint density at radius 1 is 1.17 bits per heavy atom. The molecule has 4 rings (SSSR count). The molecule has 0 amide bonds. The van der Waals surface area contributed by atoms with Crippen molar-refractivity contribution in [1.29, 1.82) is 0 Å². The fourth-order valence-electron chi connectivity index (χ4n) is 4.57. The molecule has 3 unspecified atom stereocenters. The zero-order valence-electron chi connectivity index (χ0n) is 14.5. The second-order valence-electron chi connectivity index (χ2n) is 7.63. The Kier molecular flexibility index (Phi) is 4.34. The molecule has 2 aromatic rings. The van der Waals surface area contributed by atoms with Crippen molar-refractivity contribution in [2.45, 2.75) is 51.4 Å². The van der Waals surface area contributed by atoms with Gasteiger partial charge in [0, 0.05) is 17.0 Å². The summed E-state index contributed by atoms with van der Waals surface area (Å²) in [6.45, 7) is 0. The fourth-order valence-corrected chi connectivity index (χ4v) is 4.57. The molecule has 2 aliphatic carbocycles. The molecule has 128 valence electrons. The van der Waals surface area contributed by atoms with E-state index in [1.54, 1.807) is 7.11 Å². The van der Waals surface area contributed by atoms with Crippen molar-refractivity contribution >= 4 is 10.9 Å². The Morgan fingerprint density at radius 2 is 2.08 bits per heavy atom. The zero-order valence-corrected chi connectivity index (χ0v) is 14.5. The molecule has 0 aliphatic heterocycles. The SMILES string of the molecule is COc1ccc2cc(CCCCCC3CCC4CC34)c(O)nc2c1. The van der Waals surface area contributed by atoms with E-state index in [0.717, 1.165) is 52.8 Å². The van der Waals surface area contributed by atoms with Gasteiger partial charge in [-0.3, -0.25) is 0 Å². The van der Waals surface area contributed by atoms with Gasteiger partial charge >= 0.3 is 0 Å². The predicted octanol–water partition coefficient (Wildman–Crippen LogP) is 5.10. The number of aryl methyl sites for hydroxylation is 1. The quantitative estimate of drug-likeness (QED) is 0.720. The van der Waals surface area contributed by atoms with Crippen LogP contribution in [-0.2, 0) is 6.42 Å². The normalized spacial score (nSPS) is 25.0. The summed E-state index contributed by atoms with van der Waals surface area (Å²) in [5, 5.41) is 11.3. The summed E-state index contributed by atoms with van der Waals surface area (Å²) < 4.78 is 5.22. The lowest BCUT2D eigenvalue weighted by Crippen LogP contribution is -1.98. The molecule has 0 bridgehead atoms. The molecular weight excluding hydrogens is 298 g/mol. The Morgan fingerprint density at radius 3 is 2.83 bits per heavy atom. The molecule has 2 fully saturated rings. The van der Waals surface area contributed by atoms with Crippen LogP contribution in [0.4, 0.5) is 0 Å². The summed E-state index contributed by atoms with van der Waals surface area (Å²) in [5.74, 6) is 4.17. The van der Waals surface area contributed by atoms with Crippen molar-refractivity contribution in [2.24, 2.45) is 17.8 Å². The Bertz CT molecular complexity index is 727. The van der Waals surface area contributed by atoms with Crippen LogP contribution in [0.2, 0.25) is 0 Å². The minimum absolute atomic E-state index is 0.173. The van der Waals surface area contributed by atoms with Crippen LogP contribution >= 0.6 is 0 Å². The summed E-state index contributed by atoms with van der Waals surface area (Å²) in [4.78, 5) is 4.34. The number of hydrogen-bond acceptors (Lipinski definition) is 3. The fraction of sp³-hybridized carbons (Fsp3) is 0.571. The monoisotopic (exact) mass is 325 g/mol. The standard InChI is InChI=1S/C21H27NO2/c1-24-18-10-9-16-11-17(21(23)22-20(16)13-18)6-4-2-3-5-14-7-8-15-12-19(14)15/h9-11,13-15,19H,2-8,12H2,1H3,(H,22,23). The maximum absolute atomic E-state index is 10.2. The van der Waals surface area contributed by atoms with Gasteiger partial charge in [0.15, 0.2) is 0 Å². The van der Waals surface area contributed by atoms with Crippen LogP contribution in [0.5, 0.6) is 11.6 Å². The molecule has 3 nitrogen and oxygen atoms in total. The first-order valence-electron chi connectivity index (χ1n) is 9.41. The van der Waals surface area contributed by atoms with Crippen LogP contribution in [-0.4, -0.2) is 17.2 Å². The lowest BCUT2D eigenvalue weighted by molar-refractivity contribution is 0.415. The van der Waals surface area contributed by atoms with Gasteiger partial charge in [-0.25, -0.2) is 4.98 Å². The van der Waals surface area contributed by atoms with Crippen LogP contribution < -0.4 is 4.74 Å². The molecule has 24 heavy (non-hydrogen) atoms. The Labute approximate surface area is 144 Å². The molecule has 3 atom stereocenters. The van der Waals surface area contributed by atoms with E-state index in [9.17, 15) is 5.11 Å². The molecule has 1 aromatic carbocycles. The van der Waals surface area contributed by atoms with Crippen molar-refractivity contribution in [2.75, 3.05) is 7.11 Å². The molecule has 0 saturated heterocycles. The minimum atomic E-state index is 0.173. The maximum Gasteiger partial charge on any atom is 0.214 e. The van der Waals surface area contributed by atoms with Crippen molar-refractivity contribution in [3.63, 3.8) is 0 Å². The average Bonchev–Trinajstić information content (AvgIpc) is 3.27. The number of fused-ring (bicyclic) bond motifs is 2. The Hall–Kier alpha value is -1.77. The third kappa shape index (κ3) is 3.22. The highest BCUT2D eigenvalue weighted by Gasteiger charge is 2.47. The van der Waals surface area contributed by atoms with Crippen molar-refractivity contribution in [3.05, 3.63) is 29.8 Å². The van der Waals surface area contributed by atoms with Gasteiger partial charge in [-0.05, 0) is 68.1 Å².